The quantitative estimate of drug-likeness (QED) is 0.401. The highest BCUT2D eigenvalue weighted by Crippen LogP contribution is 2.22. The molecule has 0 heterocycles. The Labute approximate surface area is 87.1 Å². The normalized spacial score (nSPS) is 9.80. The van der Waals surface area contributed by atoms with Crippen molar-refractivity contribution in [3.63, 3.8) is 0 Å². The number of carbonyl (C=O) groups excluding carboxylic acids is 2. The highest BCUT2D eigenvalue weighted by atomic mass is 16.3. The third-order valence-corrected chi connectivity index (χ3v) is 2.03. The number of hydrogen-bond donors (Lipinski definition) is 2. The predicted molar refractivity (Wildman–Crippen MR) is 53.9 cm³/mol. The van der Waals surface area contributed by atoms with E-state index in [0.29, 0.717) is 10.6 Å². The van der Waals surface area contributed by atoms with E-state index in [-0.39, 0.29) is 11.3 Å². The van der Waals surface area contributed by atoms with Crippen molar-refractivity contribution in [2.24, 2.45) is 5.84 Å². The number of hydrogen-bond acceptors (Lipinski definition) is 4. The molecule has 1 aromatic rings. The smallest absolute Gasteiger partial charge is 0.278 e. The van der Waals surface area contributed by atoms with E-state index in [0.717, 1.165) is 0 Å². The fourth-order valence-electron chi connectivity index (χ4n) is 1.10. The first-order chi connectivity index (χ1) is 6.95. The van der Waals surface area contributed by atoms with Crippen LogP contribution in [0.25, 0.3) is 0 Å². The lowest BCUT2D eigenvalue weighted by Crippen LogP contribution is -2.41. The van der Waals surface area contributed by atoms with Crippen LogP contribution in [0.5, 0.6) is 5.75 Å². The summed E-state index contributed by atoms with van der Waals surface area (Å²) in [6, 6.07) is 4.67. The van der Waals surface area contributed by atoms with Crippen molar-refractivity contribution in [2.45, 2.75) is 13.8 Å². The molecule has 0 aromatic heterocycles. The molecule has 1 rings (SSSR count). The van der Waals surface area contributed by atoms with E-state index in [4.69, 9.17) is 5.84 Å². The van der Waals surface area contributed by atoms with Gasteiger partial charge in [-0.1, -0.05) is 12.1 Å². The number of nitrogens with zero attached hydrogens (tertiary/aromatic N) is 1. The second-order valence-electron chi connectivity index (χ2n) is 3.17. The number of aryl methyl sites for hydroxylation is 1. The second-order valence-corrected chi connectivity index (χ2v) is 3.17. The summed E-state index contributed by atoms with van der Waals surface area (Å²) in [6.45, 7) is 2.82. The van der Waals surface area contributed by atoms with Crippen LogP contribution in [0.4, 0.5) is 0 Å². The number of amides is 2. The molecule has 1 aromatic carbocycles. The van der Waals surface area contributed by atoms with Crippen LogP contribution >= 0.6 is 0 Å². The van der Waals surface area contributed by atoms with Crippen molar-refractivity contribution in [3.8, 4) is 5.75 Å². The number of para-hydroxylation sites is 1. The zero-order chi connectivity index (χ0) is 11.6. The highest BCUT2D eigenvalue weighted by Gasteiger charge is 2.19. The van der Waals surface area contributed by atoms with Crippen LogP contribution in [-0.2, 0) is 4.79 Å². The van der Waals surface area contributed by atoms with Gasteiger partial charge in [0.25, 0.3) is 5.91 Å². The molecule has 0 spiro atoms. The molecule has 0 aliphatic rings. The van der Waals surface area contributed by atoms with Gasteiger partial charge < -0.3 is 5.11 Å². The monoisotopic (exact) mass is 208 g/mol. The topological polar surface area (TPSA) is 83.6 Å². The maximum atomic E-state index is 11.6. The molecule has 15 heavy (non-hydrogen) atoms. The summed E-state index contributed by atoms with van der Waals surface area (Å²) in [6.07, 6.45) is 0. The Hall–Kier alpha value is -1.88. The summed E-state index contributed by atoms with van der Waals surface area (Å²) in [5, 5.41) is 10.1. The Morgan fingerprint density at radius 2 is 2.00 bits per heavy atom. The minimum atomic E-state index is -0.719. The number of carbonyl (C=O) groups is 2. The van der Waals surface area contributed by atoms with Crippen molar-refractivity contribution in [1.29, 1.82) is 0 Å². The zero-order valence-corrected chi connectivity index (χ0v) is 8.52. The molecule has 0 saturated carbocycles. The zero-order valence-electron chi connectivity index (χ0n) is 8.52. The number of nitrogens with two attached hydrogens (primary N) is 1. The summed E-state index contributed by atoms with van der Waals surface area (Å²) in [4.78, 5) is 22.4. The van der Waals surface area contributed by atoms with Crippen LogP contribution in [0, 0.1) is 6.92 Å². The maximum absolute atomic E-state index is 11.6. The predicted octanol–water partition coefficient (Wildman–Crippen LogP) is 0.563. The molecule has 0 fully saturated rings. The van der Waals surface area contributed by atoms with Gasteiger partial charge in [0.1, 0.15) is 5.75 Å². The first kappa shape index (κ1) is 11.2. The standard InChI is InChI=1S/C10H12N2O3/c1-6-4-3-5-8(9(6)14)10(15)12(11)7(2)13/h3-5,14H,11H2,1-2H3. The fourth-order valence-corrected chi connectivity index (χ4v) is 1.10. The number of phenols is 1. The summed E-state index contributed by atoms with van der Waals surface area (Å²) in [5.74, 6) is 3.78. The number of imide groups is 1. The van der Waals surface area contributed by atoms with Crippen LogP contribution in [0.3, 0.4) is 0 Å². The van der Waals surface area contributed by atoms with Gasteiger partial charge in [0.15, 0.2) is 0 Å². The average Bonchev–Trinajstić information content (AvgIpc) is 2.20. The van der Waals surface area contributed by atoms with Gasteiger partial charge >= 0.3 is 0 Å². The number of aromatic hydroxyl groups is 1. The van der Waals surface area contributed by atoms with Crippen molar-refractivity contribution >= 4 is 11.8 Å². The molecular formula is C10H12N2O3. The molecule has 0 atom stereocenters. The van der Waals surface area contributed by atoms with Crippen molar-refractivity contribution in [3.05, 3.63) is 29.3 Å². The molecule has 80 valence electrons. The fraction of sp³-hybridized carbons (Fsp3) is 0.200. The molecule has 3 N–H and O–H groups in total. The van der Waals surface area contributed by atoms with E-state index < -0.39 is 11.8 Å². The Morgan fingerprint density at radius 1 is 1.40 bits per heavy atom. The Morgan fingerprint density at radius 3 is 2.53 bits per heavy atom. The molecule has 5 nitrogen and oxygen atoms in total. The number of rotatable bonds is 1. The number of phenolic OH excluding ortho intramolecular Hbond substituents is 1. The molecule has 0 radical (unpaired) electrons. The molecule has 2 amide bonds. The number of hydrazine groups is 1. The largest absolute Gasteiger partial charge is 0.507 e. The van der Waals surface area contributed by atoms with Crippen molar-refractivity contribution in [1.82, 2.24) is 5.01 Å². The molecule has 0 aliphatic heterocycles. The molecule has 0 aliphatic carbocycles. The maximum Gasteiger partial charge on any atom is 0.278 e. The van der Waals surface area contributed by atoms with Crippen LogP contribution in [0.1, 0.15) is 22.8 Å². The highest BCUT2D eigenvalue weighted by molar-refractivity contribution is 6.05. The van der Waals surface area contributed by atoms with Crippen molar-refractivity contribution in [2.75, 3.05) is 0 Å². The van der Waals surface area contributed by atoms with E-state index in [1.54, 1.807) is 19.1 Å². The van der Waals surface area contributed by atoms with Crippen molar-refractivity contribution < 1.29 is 14.7 Å². The lowest BCUT2D eigenvalue weighted by molar-refractivity contribution is -0.126. The van der Waals surface area contributed by atoms with E-state index in [1.807, 2.05) is 0 Å². The molecular weight excluding hydrogens is 196 g/mol. The van der Waals surface area contributed by atoms with Crippen LogP contribution < -0.4 is 5.84 Å². The van der Waals surface area contributed by atoms with Crippen LogP contribution in [0.2, 0.25) is 0 Å². The van der Waals surface area contributed by atoms with Crippen LogP contribution in [-0.4, -0.2) is 21.9 Å². The van der Waals surface area contributed by atoms with Gasteiger partial charge in [0.2, 0.25) is 5.91 Å². The Bertz CT molecular complexity index is 415. The minimum Gasteiger partial charge on any atom is -0.507 e. The molecule has 0 bridgehead atoms. The Balaban J connectivity index is 3.12. The molecule has 0 unspecified atom stereocenters. The Kier molecular flexibility index (Phi) is 3.06. The van der Waals surface area contributed by atoms with E-state index >= 15 is 0 Å². The van der Waals surface area contributed by atoms with Gasteiger partial charge in [-0.15, -0.1) is 0 Å². The van der Waals surface area contributed by atoms with E-state index in [1.165, 1.54) is 13.0 Å². The third-order valence-electron chi connectivity index (χ3n) is 2.03. The molecule has 0 saturated heterocycles. The van der Waals surface area contributed by atoms with Gasteiger partial charge in [-0.2, -0.15) is 0 Å². The third kappa shape index (κ3) is 2.13. The van der Waals surface area contributed by atoms with E-state index in [9.17, 15) is 14.7 Å². The SMILES string of the molecule is CC(=O)N(N)C(=O)c1cccc(C)c1O. The van der Waals surface area contributed by atoms with Gasteiger partial charge in [0.05, 0.1) is 5.56 Å². The van der Waals surface area contributed by atoms with Crippen LogP contribution in [0.15, 0.2) is 18.2 Å². The van der Waals surface area contributed by atoms with Gasteiger partial charge in [-0.25, -0.2) is 10.9 Å². The van der Waals surface area contributed by atoms with Gasteiger partial charge in [-0.05, 0) is 18.6 Å². The van der Waals surface area contributed by atoms with Gasteiger partial charge in [-0.3, -0.25) is 9.59 Å². The second kappa shape index (κ2) is 4.10. The average molecular weight is 208 g/mol. The first-order valence-corrected chi connectivity index (χ1v) is 4.33. The minimum absolute atomic E-state index is 0.0210. The number of benzene rings is 1. The summed E-state index contributed by atoms with van der Waals surface area (Å²) in [7, 11) is 0. The summed E-state index contributed by atoms with van der Waals surface area (Å²) >= 11 is 0. The molecule has 5 heteroatoms. The summed E-state index contributed by atoms with van der Waals surface area (Å²) in [5.41, 5.74) is 0.575. The summed E-state index contributed by atoms with van der Waals surface area (Å²) < 4.78 is 0. The lowest BCUT2D eigenvalue weighted by Gasteiger charge is -2.13. The first-order valence-electron chi connectivity index (χ1n) is 4.33. The van der Waals surface area contributed by atoms with Gasteiger partial charge in [0, 0.05) is 6.92 Å². The van der Waals surface area contributed by atoms with E-state index in [2.05, 4.69) is 0 Å². The lowest BCUT2D eigenvalue weighted by atomic mass is 10.1.